The Morgan fingerprint density at radius 2 is 0.833 bits per heavy atom. The van der Waals surface area contributed by atoms with Crippen molar-refractivity contribution < 1.29 is 14.2 Å². The third kappa shape index (κ3) is 7.06. The van der Waals surface area contributed by atoms with E-state index in [-0.39, 0.29) is 18.7 Å². The van der Waals surface area contributed by atoms with Crippen LogP contribution in [-0.2, 0) is 34.0 Å². The van der Waals surface area contributed by atoms with Gasteiger partial charge in [-0.3, -0.25) is 0 Å². The molecule has 0 aliphatic rings. The summed E-state index contributed by atoms with van der Waals surface area (Å²) >= 11 is 6.98. The van der Waals surface area contributed by atoms with E-state index in [4.69, 9.17) is 31.4 Å². The van der Waals surface area contributed by atoms with Crippen molar-refractivity contribution in [3.05, 3.63) is 27.4 Å². The van der Waals surface area contributed by atoms with Crippen LogP contribution in [0.4, 0.5) is 0 Å². The summed E-state index contributed by atoms with van der Waals surface area (Å²) in [5.74, 6) is 0. The van der Waals surface area contributed by atoms with Gasteiger partial charge in [-0.25, -0.2) is 0 Å². The molecule has 0 amide bonds. The van der Waals surface area contributed by atoms with Crippen LogP contribution < -0.4 is 17.2 Å². The summed E-state index contributed by atoms with van der Waals surface area (Å²) in [7, 11) is 0. The van der Waals surface area contributed by atoms with Crippen molar-refractivity contribution in [3.63, 3.8) is 0 Å². The van der Waals surface area contributed by atoms with Crippen LogP contribution in [0.5, 0.6) is 0 Å². The van der Waals surface area contributed by atoms with Gasteiger partial charge in [0.05, 0.1) is 19.8 Å². The molecular weight excluding hydrogens is 651 g/mol. The van der Waals surface area contributed by atoms with E-state index >= 15 is 0 Å². The topological polar surface area (TPSA) is 106 Å². The molecule has 0 aliphatic heterocycles. The minimum absolute atomic E-state index is 0.330. The zero-order chi connectivity index (χ0) is 18.4. The van der Waals surface area contributed by atoms with Gasteiger partial charge < -0.3 is 31.4 Å². The molecule has 6 N–H and O–H groups in total. The molecule has 0 aliphatic carbocycles. The van der Waals surface area contributed by atoms with E-state index in [1.807, 2.05) is 20.8 Å². The SMILES string of the molecule is CC(N)OCc1c(I)c(COC(C)N)c(I)c(COC(C)N)c1I. The molecule has 0 saturated heterocycles. The Morgan fingerprint density at radius 3 is 1.00 bits per heavy atom. The van der Waals surface area contributed by atoms with Crippen LogP contribution in [-0.4, -0.2) is 18.7 Å². The first-order chi connectivity index (χ1) is 11.1. The molecule has 9 heteroatoms. The largest absolute Gasteiger partial charge is 0.359 e. The number of hydrogen-bond acceptors (Lipinski definition) is 6. The number of ether oxygens (including phenoxy) is 3. The summed E-state index contributed by atoms with van der Waals surface area (Å²) in [6.45, 7) is 6.73. The van der Waals surface area contributed by atoms with Crippen LogP contribution in [0.3, 0.4) is 0 Å². The van der Waals surface area contributed by atoms with E-state index in [9.17, 15) is 0 Å². The zero-order valence-corrected chi connectivity index (χ0v) is 20.4. The highest BCUT2D eigenvalue weighted by molar-refractivity contribution is 14.1. The van der Waals surface area contributed by atoms with Crippen molar-refractivity contribution in [3.8, 4) is 0 Å². The van der Waals surface area contributed by atoms with Gasteiger partial charge in [-0.15, -0.1) is 0 Å². The Labute approximate surface area is 184 Å². The second-order valence-electron chi connectivity index (χ2n) is 5.43. The molecule has 0 heterocycles. The lowest BCUT2D eigenvalue weighted by molar-refractivity contribution is 0.0498. The molecule has 3 atom stereocenters. The predicted molar refractivity (Wildman–Crippen MR) is 120 cm³/mol. The molecule has 1 aromatic carbocycles. The van der Waals surface area contributed by atoms with E-state index in [1.54, 1.807) is 0 Å². The van der Waals surface area contributed by atoms with Gasteiger partial charge in [0.15, 0.2) is 0 Å². The number of hydrogen-bond donors (Lipinski definition) is 3. The molecule has 0 radical (unpaired) electrons. The van der Waals surface area contributed by atoms with E-state index in [0.717, 1.165) is 27.4 Å². The van der Waals surface area contributed by atoms with E-state index in [1.165, 1.54) is 0 Å². The highest BCUT2D eigenvalue weighted by atomic mass is 127. The van der Waals surface area contributed by atoms with Crippen LogP contribution in [0.2, 0.25) is 0 Å². The Hall–Kier alpha value is 1.17. The van der Waals surface area contributed by atoms with Crippen LogP contribution >= 0.6 is 67.8 Å². The fraction of sp³-hybridized carbons (Fsp3) is 0.600. The first-order valence-corrected chi connectivity index (χ1v) is 10.7. The Morgan fingerprint density at radius 1 is 0.625 bits per heavy atom. The van der Waals surface area contributed by atoms with Crippen molar-refractivity contribution in [1.82, 2.24) is 0 Å². The molecule has 0 fully saturated rings. The number of benzene rings is 1. The Bertz CT molecular complexity index is 457. The molecule has 0 bridgehead atoms. The lowest BCUT2D eigenvalue weighted by Gasteiger charge is -2.21. The van der Waals surface area contributed by atoms with Crippen molar-refractivity contribution in [2.45, 2.75) is 59.3 Å². The maximum atomic E-state index is 5.73. The first kappa shape index (κ1) is 23.2. The minimum Gasteiger partial charge on any atom is -0.359 e. The number of rotatable bonds is 9. The normalized spacial score (nSPS) is 15.4. The lowest BCUT2D eigenvalue weighted by Crippen LogP contribution is -2.23. The van der Waals surface area contributed by atoms with E-state index < -0.39 is 0 Å². The predicted octanol–water partition coefficient (Wildman–Crippen LogP) is 2.96. The molecule has 0 aromatic heterocycles. The lowest BCUT2D eigenvalue weighted by atomic mass is 10.1. The average molecular weight is 675 g/mol. The monoisotopic (exact) mass is 675 g/mol. The molecule has 0 saturated carbocycles. The van der Waals surface area contributed by atoms with Gasteiger partial charge in [-0.2, -0.15) is 0 Å². The smallest absolute Gasteiger partial charge is 0.103 e. The third-order valence-corrected chi connectivity index (χ3v) is 6.97. The van der Waals surface area contributed by atoms with Gasteiger partial charge >= 0.3 is 0 Å². The molecule has 1 rings (SSSR count). The van der Waals surface area contributed by atoms with Gasteiger partial charge in [-0.05, 0) is 88.5 Å². The van der Waals surface area contributed by atoms with E-state index in [2.05, 4.69) is 67.8 Å². The van der Waals surface area contributed by atoms with E-state index in [0.29, 0.717) is 19.8 Å². The van der Waals surface area contributed by atoms with Crippen LogP contribution in [0.15, 0.2) is 0 Å². The second kappa shape index (κ2) is 11.1. The summed E-state index contributed by atoms with van der Waals surface area (Å²) in [5.41, 5.74) is 20.4. The van der Waals surface area contributed by atoms with Crippen molar-refractivity contribution in [2.24, 2.45) is 17.2 Å². The van der Waals surface area contributed by atoms with Gasteiger partial charge in [0.2, 0.25) is 0 Å². The summed E-state index contributed by atoms with van der Waals surface area (Å²) in [5, 5.41) is 0. The molecule has 6 nitrogen and oxygen atoms in total. The molecule has 3 unspecified atom stereocenters. The van der Waals surface area contributed by atoms with Crippen LogP contribution in [0, 0.1) is 10.7 Å². The van der Waals surface area contributed by atoms with Gasteiger partial charge in [0, 0.05) is 27.4 Å². The highest BCUT2D eigenvalue weighted by Gasteiger charge is 2.21. The van der Waals surface area contributed by atoms with Gasteiger partial charge in [0.1, 0.15) is 18.7 Å². The summed E-state index contributed by atoms with van der Waals surface area (Å²) < 4.78 is 20.2. The van der Waals surface area contributed by atoms with Crippen molar-refractivity contribution in [1.29, 1.82) is 0 Å². The Balaban J connectivity index is 3.29. The van der Waals surface area contributed by atoms with Crippen molar-refractivity contribution in [2.75, 3.05) is 0 Å². The molecular formula is C15H24I3N3O3. The fourth-order valence-corrected chi connectivity index (χ4v) is 5.96. The van der Waals surface area contributed by atoms with Gasteiger partial charge in [-0.1, -0.05) is 0 Å². The molecule has 0 spiro atoms. The number of halogens is 3. The van der Waals surface area contributed by atoms with Gasteiger partial charge in [0.25, 0.3) is 0 Å². The highest BCUT2D eigenvalue weighted by Crippen LogP contribution is 2.33. The summed E-state index contributed by atoms with van der Waals surface area (Å²) in [4.78, 5) is 0. The zero-order valence-electron chi connectivity index (χ0n) is 13.9. The molecule has 1 aromatic rings. The molecule has 138 valence electrons. The van der Waals surface area contributed by atoms with Crippen LogP contribution in [0.1, 0.15) is 37.5 Å². The Kier molecular flexibility index (Phi) is 10.7. The first-order valence-electron chi connectivity index (χ1n) is 7.43. The minimum atomic E-state index is -0.330. The average Bonchev–Trinajstić information content (AvgIpc) is 2.45. The summed E-state index contributed by atoms with van der Waals surface area (Å²) in [6.07, 6.45) is -0.991. The second-order valence-corrected chi connectivity index (χ2v) is 8.66. The quantitative estimate of drug-likeness (QED) is 0.275. The maximum Gasteiger partial charge on any atom is 0.103 e. The fourth-order valence-electron chi connectivity index (χ4n) is 1.86. The standard InChI is InChI=1S/C15H24I3N3O3/c1-7(19)22-4-10-13(16)11(5-23-8(2)20)15(18)12(14(10)17)6-24-9(3)21/h7-9H,4-6,19-21H2,1-3H3. The van der Waals surface area contributed by atoms with Crippen molar-refractivity contribution >= 4 is 67.8 Å². The molecule has 24 heavy (non-hydrogen) atoms. The van der Waals surface area contributed by atoms with Crippen LogP contribution in [0.25, 0.3) is 0 Å². The third-order valence-electron chi connectivity index (χ3n) is 3.06. The summed E-state index contributed by atoms with van der Waals surface area (Å²) in [6, 6.07) is 0. The maximum absolute atomic E-state index is 5.73. The number of nitrogens with two attached hydrogens (primary N) is 3.